The number of nitrogens with one attached hydrogen (secondary N) is 1. The van der Waals surface area contributed by atoms with Gasteiger partial charge in [0.2, 0.25) is 10.0 Å². The van der Waals surface area contributed by atoms with Gasteiger partial charge < -0.3 is 10.1 Å². The molecule has 1 saturated heterocycles. The molecule has 3 heterocycles. The third-order valence-corrected chi connectivity index (χ3v) is 7.80. The molecule has 1 atom stereocenters. The van der Waals surface area contributed by atoms with Crippen LogP contribution in [0.15, 0.2) is 47.5 Å². The third-order valence-electron chi connectivity index (χ3n) is 5.92. The van der Waals surface area contributed by atoms with Crippen LogP contribution in [0.3, 0.4) is 0 Å². The first kappa shape index (κ1) is 20.8. The van der Waals surface area contributed by atoms with Gasteiger partial charge in [0.05, 0.1) is 11.3 Å². The number of benzene rings is 1. The number of piperazine rings is 1. The zero-order chi connectivity index (χ0) is 21.3. The van der Waals surface area contributed by atoms with Gasteiger partial charge in [0.15, 0.2) is 5.88 Å². The van der Waals surface area contributed by atoms with Crippen LogP contribution in [0, 0.1) is 0 Å². The second kappa shape index (κ2) is 8.37. The molecule has 3 aromatic rings. The van der Waals surface area contributed by atoms with Crippen LogP contribution in [0.5, 0.6) is 5.88 Å². The van der Waals surface area contributed by atoms with Crippen molar-refractivity contribution in [3.63, 3.8) is 0 Å². The highest BCUT2D eigenvalue weighted by molar-refractivity contribution is 7.89. The maximum absolute atomic E-state index is 13.1. The number of aromatic nitrogens is 2. The summed E-state index contributed by atoms with van der Waals surface area (Å²) in [7, 11) is -3.59. The average molecular weight is 429 g/mol. The van der Waals surface area contributed by atoms with E-state index in [0.29, 0.717) is 30.4 Å². The van der Waals surface area contributed by atoms with Crippen molar-refractivity contribution in [2.75, 3.05) is 26.2 Å². The number of rotatable bonds is 6. The van der Waals surface area contributed by atoms with Crippen molar-refractivity contribution in [2.45, 2.75) is 37.6 Å². The predicted octanol–water partition coefficient (Wildman–Crippen LogP) is 3.43. The van der Waals surface area contributed by atoms with Crippen LogP contribution in [0.1, 0.15) is 26.7 Å². The predicted molar refractivity (Wildman–Crippen MR) is 118 cm³/mol. The summed E-state index contributed by atoms with van der Waals surface area (Å²) < 4.78 is 27.7. The molecule has 1 aliphatic heterocycles. The van der Waals surface area contributed by atoms with Crippen molar-refractivity contribution in [3.05, 3.63) is 42.6 Å². The summed E-state index contributed by atoms with van der Waals surface area (Å²) in [4.78, 5) is 9.83. The summed E-state index contributed by atoms with van der Waals surface area (Å²) in [6.07, 6.45) is 3.64. The lowest BCUT2D eigenvalue weighted by Crippen LogP contribution is -2.51. The van der Waals surface area contributed by atoms with Crippen molar-refractivity contribution in [3.8, 4) is 17.1 Å². The van der Waals surface area contributed by atoms with Crippen LogP contribution in [-0.4, -0.2) is 64.9 Å². The van der Waals surface area contributed by atoms with Crippen molar-refractivity contribution in [1.29, 1.82) is 0 Å². The van der Waals surface area contributed by atoms with Gasteiger partial charge in [0.25, 0.3) is 0 Å². The van der Waals surface area contributed by atoms with E-state index in [-0.39, 0.29) is 10.8 Å². The van der Waals surface area contributed by atoms with Gasteiger partial charge in [0.1, 0.15) is 4.90 Å². The van der Waals surface area contributed by atoms with E-state index in [2.05, 4.69) is 28.7 Å². The normalized spacial score (nSPS) is 17.4. The monoisotopic (exact) mass is 428 g/mol. The lowest BCUT2D eigenvalue weighted by Gasteiger charge is -2.37. The number of aromatic hydroxyl groups is 1. The van der Waals surface area contributed by atoms with Crippen molar-refractivity contribution >= 4 is 20.9 Å². The maximum atomic E-state index is 13.1. The highest BCUT2D eigenvalue weighted by atomic mass is 32.2. The van der Waals surface area contributed by atoms with Crippen LogP contribution in [0.2, 0.25) is 0 Å². The maximum Gasteiger partial charge on any atom is 0.244 e. The molecule has 0 saturated carbocycles. The quantitative estimate of drug-likeness (QED) is 0.628. The first-order valence-corrected chi connectivity index (χ1v) is 11.9. The molecule has 8 heteroatoms. The van der Waals surface area contributed by atoms with Gasteiger partial charge in [-0.25, -0.2) is 8.42 Å². The van der Waals surface area contributed by atoms with E-state index in [4.69, 9.17) is 0 Å². The Morgan fingerprint density at radius 2 is 1.87 bits per heavy atom. The Balaban J connectivity index is 1.53. The van der Waals surface area contributed by atoms with Crippen LogP contribution >= 0.6 is 0 Å². The summed E-state index contributed by atoms with van der Waals surface area (Å²) >= 11 is 0. The fourth-order valence-corrected chi connectivity index (χ4v) is 5.57. The molecule has 2 N–H and O–H groups in total. The number of fused-ring (bicyclic) bond motifs is 1. The summed E-state index contributed by atoms with van der Waals surface area (Å²) in [6, 6.07) is 11.2. The molecule has 1 unspecified atom stereocenters. The molecule has 0 spiro atoms. The molecule has 0 bridgehead atoms. The summed E-state index contributed by atoms with van der Waals surface area (Å²) in [5.74, 6) is 0.0247. The van der Waals surface area contributed by atoms with Gasteiger partial charge in [-0.2, -0.15) is 4.31 Å². The molecule has 2 aromatic heterocycles. The number of sulfonamides is 1. The molecule has 0 amide bonds. The number of pyridine rings is 1. The molecular formula is C22H28N4O3S. The summed E-state index contributed by atoms with van der Waals surface area (Å²) in [5.41, 5.74) is 1.91. The Morgan fingerprint density at radius 1 is 1.13 bits per heavy atom. The van der Waals surface area contributed by atoms with Crippen molar-refractivity contribution in [2.24, 2.45) is 0 Å². The SMILES string of the molecule is CCCC(C)N1CCN(S(=O)(=O)c2ccc(-c3c(O)[nH]c4ccccc34)nc2)CC1. The lowest BCUT2D eigenvalue weighted by molar-refractivity contribution is 0.139. The van der Waals surface area contributed by atoms with Gasteiger partial charge >= 0.3 is 0 Å². The molecule has 7 nitrogen and oxygen atoms in total. The first-order valence-electron chi connectivity index (χ1n) is 10.4. The van der Waals surface area contributed by atoms with Crippen LogP contribution < -0.4 is 0 Å². The van der Waals surface area contributed by atoms with E-state index in [9.17, 15) is 13.5 Å². The molecule has 0 aliphatic carbocycles. The fraction of sp³-hybridized carbons (Fsp3) is 0.409. The van der Waals surface area contributed by atoms with Gasteiger partial charge in [0, 0.05) is 49.3 Å². The van der Waals surface area contributed by atoms with Gasteiger partial charge in [-0.1, -0.05) is 31.5 Å². The second-order valence-corrected chi connectivity index (χ2v) is 9.79. The number of nitrogens with zero attached hydrogens (tertiary/aromatic N) is 3. The minimum atomic E-state index is -3.59. The zero-order valence-electron chi connectivity index (χ0n) is 17.4. The first-order chi connectivity index (χ1) is 14.4. The molecule has 1 aliphatic rings. The zero-order valence-corrected chi connectivity index (χ0v) is 18.2. The van der Waals surface area contributed by atoms with E-state index >= 15 is 0 Å². The standard InChI is InChI=1S/C22H28N4O3S/c1-3-6-16(2)25-11-13-26(14-12-25)30(28,29)17-9-10-20(23-15-17)21-18-7-4-5-8-19(18)24-22(21)27/h4-5,7-10,15-16,24,27H,3,6,11-14H2,1-2H3. The Morgan fingerprint density at radius 3 is 2.53 bits per heavy atom. The van der Waals surface area contributed by atoms with E-state index in [0.717, 1.165) is 36.8 Å². The minimum absolute atomic E-state index is 0.0247. The number of hydrogen-bond acceptors (Lipinski definition) is 5. The number of para-hydroxylation sites is 1. The summed E-state index contributed by atoms with van der Waals surface area (Å²) in [6.45, 7) is 6.84. The number of H-pyrrole nitrogens is 1. The second-order valence-electron chi connectivity index (χ2n) is 7.85. The topological polar surface area (TPSA) is 89.5 Å². The Labute approximate surface area is 177 Å². The molecule has 0 radical (unpaired) electrons. The van der Waals surface area contributed by atoms with E-state index < -0.39 is 10.0 Å². The van der Waals surface area contributed by atoms with Gasteiger partial charge in [-0.05, 0) is 31.5 Å². The van der Waals surface area contributed by atoms with E-state index in [1.165, 1.54) is 6.20 Å². The van der Waals surface area contributed by atoms with Crippen LogP contribution in [0.4, 0.5) is 0 Å². The molecule has 160 valence electrons. The van der Waals surface area contributed by atoms with E-state index in [1.807, 2.05) is 24.3 Å². The molecule has 30 heavy (non-hydrogen) atoms. The Hall–Kier alpha value is -2.42. The lowest BCUT2D eigenvalue weighted by atomic mass is 10.1. The highest BCUT2D eigenvalue weighted by Crippen LogP contribution is 2.35. The van der Waals surface area contributed by atoms with Gasteiger partial charge in [-0.3, -0.25) is 9.88 Å². The van der Waals surface area contributed by atoms with Gasteiger partial charge in [-0.15, -0.1) is 0 Å². The number of aromatic amines is 1. The molecule has 4 rings (SSSR count). The van der Waals surface area contributed by atoms with Crippen molar-refractivity contribution in [1.82, 2.24) is 19.2 Å². The Bertz CT molecular complexity index is 1120. The average Bonchev–Trinajstić information content (AvgIpc) is 3.09. The molecule has 1 aromatic carbocycles. The molecule has 1 fully saturated rings. The smallest absolute Gasteiger partial charge is 0.244 e. The van der Waals surface area contributed by atoms with Crippen molar-refractivity contribution < 1.29 is 13.5 Å². The highest BCUT2D eigenvalue weighted by Gasteiger charge is 2.30. The van der Waals surface area contributed by atoms with E-state index in [1.54, 1.807) is 16.4 Å². The number of hydrogen-bond donors (Lipinski definition) is 2. The summed E-state index contributed by atoms with van der Waals surface area (Å²) in [5, 5.41) is 11.1. The Kier molecular flexibility index (Phi) is 5.81. The van der Waals surface area contributed by atoms with Crippen LogP contribution in [0.25, 0.3) is 22.2 Å². The molecular weight excluding hydrogens is 400 g/mol. The third kappa shape index (κ3) is 3.82. The van der Waals surface area contributed by atoms with Crippen LogP contribution in [-0.2, 0) is 10.0 Å². The minimum Gasteiger partial charge on any atom is -0.494 e. The largest absolute Gasteiger partial charge is 0.494 e. The fourth-order valence-electron chi connectivity index (χ4n) is 4.20.